The maximum Gasteiger partial charge on any atom is 0.418 e. The Bertz CT molecular complexity index is 853. The van der Waals surface area contributed by atoms with Gasteiger partial charge in [0.25, 0.3) is 0 Å². The standard InChI is InChI=1S/C20H22F3N3O/c1-26-11-12-9-24-10-15(12)14-7-13(8-18(27-2)19(14)26)25-17-6-4-3-5-16(17)20(21,22)23/h3-8,12,15,24-25H,9-11H2,1-2H3. The Morgan fingerprint density at radius 2 is 1.96 bits per heavy atom. The molecule has 2 aliphatic rings. The summed E-state index contributed by atoms with van der Waals surface area (Å²) in [6.45, 7) is 2.76. The van der Waals surface area contributed by atoms with E-state index in [0.29, 0.717) is 23.3 Å². The van der Waals surface area contributed by atoms with Crippen molar-refractivity contribution in [2.75, 3.05) is 44.0 Å². The van der Waals surface area contributed by atoms with Gasteiger partial charge in [0.1, 0.15) is 5.75 Å². The van der Waals surface area contributed by atoms with Gasteiger partial charge in [-0.05, 0) is 29.7 Å². The Hall–Kier alpha value is -2.41. The second-order valence-corrected chi connectivity index (χ2v) is 7.19. The lowest BCUT2D eigenvalue weighted by Crippen LogP contribution is -2.35. The molecule has 0 aliphatic carbocycles. The smallest absolute Gasteiger partial charge is 0.418 e. The van der Waals surface area contributed by atoms with Crippen LogP contribution in [0.4, 0.5) is 30.2 Å². The molecule has 2 aliphatic heterocycles. The molecule has 144 valence electrons. The molecular weight excluding hydrogens is 355 g/mol. The van der Waals surface area contributed by atoms with Crippen molar-refractivity contribution in [3.05, 3.63) is 47.5 Å². The van der Waals surface area contributed by atoms with Crippen LogP contribution in [-0.2, 0) is 6.18 Å². The van der Waals surface area contributed by atoms with Gasteiger partial charge in [-0.2, -0.15) is 13.2 Å². The maximum absolute atomic E-state index is 13.3. The first kappa shape index (κ1) is 18.0. The quantitative estimate of drug-likeness (QED) is 0.840. The van der Waals surface area contributed by atoms with Crippen molar-refractivity contribution < 1.29 is 17.9 Å². The van der Waals surface area contributed by atoms with Crippen LogP contribution in [0, 0.1) is 5.92 Å². The first-order valence-corrected chi connectivity index (χ1v) is 8.95. The summed E-state index contributed by atoms with van der Waals surface area (Å²) in [5.41, 5.74) is 2.10. The lowest BCUT2D eigenvalue weighted by Gasteiger charge is -2.37. The van der Waals surface area contributed by atoms with Gasteiger partial charge in [0.15, 0.2) is 0 Å². The molecule has 0 saturated carbocycles. The molecule has 2 aromatic carbocycles. The number of ether oxygens (including phenoxy) is 1. The highest BCUT2D eigenvalue weighted by Crippen LogP contribution is 2.47. The number of nitrogens with zero attached hydrogens (tertiary/aromatic N) is 1. The number of methoxy groups -OCH3 is 1. The fourth-order valence-corrected chi connectivity index (χ4v) is 4.28. The highest BCUT2D eigenvalue weighted by Gasteiger charge is 2.38. The van der Waals surface area contributed by atoms with Crippen molar-refractivity contribution in [3.63, 3.8) is 0 Å². The first-order chi connectivity index (χ1) is 12.9. The summed E-state index contributed by atoms with van der Waals surface area (Å²) in [5, 5.41) is 6.38. The largest absolute Gasteiger partial charge is 0.494 e. The zero-order valence-corrected chi connectivity index (χ0v) is 15.2. The van der Waals surface area contributed by atoms with E-state index in [1.807, 2.05) is 13.1 Å². The summed E-state index contributed by atoms with van der Waals surface area (Å²) < 4.78 is 45.5. The van der Waals surface area contributed by atoms with E-state index in [4.69, 9.17) is 4.74 Å². The van der Waals surface area contributed by atoms with E-state index in [1.165, 1.54) is 12.1 Å². The summed E-state index contributed by atoms with van der Waals surface area (Å²) in [7, 11) is 3.62. The van der Waals surface area contributed by atoms with Crippen LogP contribution in [-0.4, -0.2) is 33.8 Å². The summed E-state index contributed by atoms with van der Waals surface area (Å²) in [5.74, 6) is 1.50. The van der Waals surface area contributed by atoms with Gasteiger partial charge in [-0.25, -0.2) is 0 Å². The molecule has 0 bridgehead atoms. The molecule has 1 fully saturated rings. The minimum atomic E-state index is -4.41. The van der Waals surface area contributed by atoms with Gasteiger partial charge >= 0.3 is 6.18 Å². The molecule has 2 unspecified atom stereocenters. The van der Waals surface area contributed by atoms with Crippen LogP contribution in [0.25, 0.3) is 0 Å². The number of halogens is 3. The van der Waals surface area contributed by atoms with Gasteiger partial charge in [-0.3, -0.25) is 0 Å². The molecule has 0 aromatic heterocycles. The predicted octanol–water partition coefficient (Wildman–Crippen LogP) is 4.21. The van der Waals surface area contributed by atoms with E-state index in [0.717, 1.165) is 37.0 Å². The average molecular weight is 377 g/mol. The van der Waals surface area contributed by atoms with Crippen molar-refractivity contribution in [1.29, 1.82) is 0 Å². The average Bonchev–Trinajstić information content (AvgIpc) is 3.09. The summed E-state index contributed by atoms with van der Waals surface area (Å²) in [4.78, 5) is 2.18. The molecular formula is C20H22F3N3O. The van der Waals surface area contributed by atoms with Gasteiger partial charge in [0.05, 0.1) is 24.0 Å². The number of rotatable bonds is 3. The fourth-order valence-electron chi connectivity index (χ4n) is 4.28. The van der Waals surface area contributed by atoms with Crippen LogP contribution >= 0.6 is 0 Å². The molecule has 2 atom stereocenters. The number of hydrogen-bond acceptors (Lipinski definition) is 4. The molecule has 4 rings (SSSR count). The second kappa shape index (κ2) is 6.64. The second-order valence-electron chi connectivity index (χ2n) is 7.19. The summed E-state index contributed by atoms with van der Waals surface area (Å²) in [6.07, 6.45) is -4.41. The Labute approximate surface area is 156 Å². The van der Waals surface area contributed by atoms with Crippen LogP contribution in [0.2, 0.25) is 0 Å². The number of anilines is 3. The number of alkyl halides is 3. The van der Waals surface area contributed by atoms with Crippen LogP contribution in [0.5, 0.6) is 5.75 Å². The molecule has 1 saturated heterocycles. The Morgan fingerprint density at radius 1 is 1.19 bits per heavy atom. The van der Waals surface area contributed by atoms with E-state index in [1.54, 1.807) is 19.2 Å². The normalized spacial score (nSPS) is 21.6. The third-order valence-electron chi connectivity index (χ3n) is 5.47. The van der Waals surface area contributed by atoms with Gasteiger partial charge in [-0.1, -0.05) is 12.1 Å². The Morgan fingerprint density at radius 3 is 2.70 bits per heavy atom. The van der Waals surface area contributed by atoms with E-state index >= 15 is 0 Å². The molecule has 7 heteroatoms. The van der Waals surface area contributed by atoms with Crippen LogP contribution in [0.15, 0.2) is 36.4 Å². The van der Waals surface area contributed by atoms with E-state index < -0.39 is 11.7 Å². The molecule has 2 heterocycles. The van der Waals surface area contributed by atoms with E-state index in [2.05, 4.69) is 15.5 Å². The third-order valence-corrected chi connectivity index (χ3v) is 5.47. The summed E-state index contributed by atoms with van der Waals surface area (Å²) >= 11 is 0. The SMILES string of the molecule is COc1cc(Nc2ccccc2C(F)(F)F)cc2c1N(C)CC1CNCC21. The topological polar surface area (TPSA) is 36.5 Å². The van der Waals surface area contributed by atoms with Crippen molar-refractivity contribution in [2.24, 2.45) is 5.92 Å². The number of fused-ring (bicyclic) bond motifs is 3. The maximum atomic E-state index is 13.3. The lowest BCUT2D eigenvalue weighted by molar-refractivity contribution is -0.136. The molecule has 2 aromatic rings. The highest BCUT2D eigenvalue weighted by molar-refractivity contribution is 5.75. The van der Waals surface area contributed by atoms with Crippen molar-refractivity contribution in [2.45, 2.75) is 12.1 Å². The lowest BCUT2D eigenvalue weighted by atomic mass is 9.83. The molecule has 0 spiro atoms. The van der Waals surface area contributed by atoms with Gasteiger partial charge in [-0.15, -0.1) is 0 Å². The van der Waals surface area contributed by atoms with Gasteiger partial charge in [0, 0.05) is 44.4 Å². The predicted molar refractivity (Wildman–Crippen MR) is 100 cm³/mol. The van der Waals surface area contributed by atoms with Gasteiger partial charge < -0.3 is 20.3 Å². The van der Waals surface area contributed by atoms with Gasteiger partial charge in [0.2, 0.25) is 0 Å². The fraction of sp³-hybridized carbons (Fsp3) is 0.400. The zero-order chi connectivity index (χ0) is 19.2. The van der Waals surface area contributed by atoms with Crippen LogP contribution in [0.1, 0.15) is 17.0 Å². The molecule has 0 amide bonds. The number of para-hydroxylation sites is 1. The van der Waals surface area contributed by atoms with E-state index in [-0.39, 0.29) is 5.69 Å². The van der Waals surface area contributed by atoms with E-state index in [9.17, 15) is 13.2 Å². The monoisotopic (exact) mass is 377 g/mol. The molecule has 0 radical (unpaired) electrons. The molecule has 27 heavy (non-hydrogen) atoms. The van der Waals surface area contributed by atoms with Crippen molar-refractivity contribution in [1.82, 2.24) is 5.32 Å². The van der Waals surface area contributed by atoms with Crippen molar-refractivity contribution in [3.8, 4) is 5.75 Å². The number of nitrogens with one attached hydrogen (secondary N) is 2. The Balaban J connectivity index is 1.77. The molecule has 2 N–H and O–H groups in total. The number of benzene rings is 2. The minimum absolute atomic E-state index is 0.0391. The zero-order valence-electron chi connectivity index (χ0n) is 15.2. The highest BCUT2D eigenvalue weighted by atomic mass is 19.4. The van der Waals surface area contributed by atoms with Crippen LogP contribution in [0.3, 0.4) is 0 Å². The number of hydrogen-bond donors (Lipinski definition) is 2. The molecule has 4 nitrogen and oxygen atoms in total. The third kappa shape index (κ3) is 3.20. The summed E-state index contributed by atoms with van der Waals surface area (Å²) in [6, 6.07) is 9.25. The van der Waals surface area contributed by atoms with Crippen molar-refractivity contribution >= 4 is 17.1 Å². The minimum Gasteiger partial charge on any atom is -0.494 e. The first-order valence-electron chi connectivity index (χ1n) is 8.95. The van der Waals surface area contributed by atoms with Crippen LogP contribution < -0.4 is 20.3 Å². The Kier molecular flexibility index (Phi) is 4.42.